The lowest BCUT2D eigenvalue weighted by molar-refractivity contribution is -0.134. The summed E-state index contributed by atoms with van der Waals surface area (Å²) in [5.41, 5.74) is 2.21. The van der Waals surface area contributed by atoms with E-state index < -0.39 is 11.3 Å². The lowest BCUT2D eigenvalue weighted by atomic mass is 10.0. The average molecular weight is 303 g/mol. The Hall–Kier alpha value is -1.80. The number of benzene rings is 2. The van der Waals surface area contributed by atoms with Crippen LogP contribution < -0.4 is 4.74 Å². The molecular weight excluding hydrogens is 284 g/mol. The fourth-order valence-corrected chi connectivity index (χ4v) is 2.18. The first kappa shape index (κ1) is 15.6. The Morgan fingerprint density at radius 2 is 1.62 bits per heavy atom. The van der Waals surface area contributed by atoms with Crippen LogP contribution in [0.15, 0.2) is 54.6 Å². The molecule has 2 atom stereocenters. The Balaban J connectivity index is 2.05. The number of ether oxygens (including phenoxy) is 1. The molecule has 0 spiro atoms. The summed E-state index contributed by atoms with van der Waals surface area (Å²) in [6, 6.07) is 17.5. The molecule has 0 heterocycles. The molecule has 2 rings (SSSR count). The molecule has 0 aliphatic rings. The molecule has 2 unspecified atom stereocenters. The zero-order valence-corrected chi connectivity index (χ0v) is 13.0. The quantitative estimate of drug-likeness (QED) is 0.445. The molecule has 0 bridgehead atoms. The van der Waals surface area contributed by atoms with Crippen molar-refractivity contribution in [3.63, 3.8) is 0 Å². The molecule has 0 aliphatic carbocycles. The number of hydrogen-bond acceptors (Lipinski definition) is 2. The molecule has 0 aromatic heterocycles. The first-order valence-corrected chi connectivity index (χ1v) is 7.56. The summed E-state index contributed by atoms with van der Waals surface area (Å²) >= 11 is 6.08. The Kier molecular flexibility index (Phi) is 5.40. The van der Waals surface area contributed by atoms with Gasteiger partial charge in [0.05, 0.1) is 0 Å². The smallest absolute Gasteiger partial charge is 0.329 e. The van der Waals surface area contributed by atoms with Gasteiger partial charge in [0.15, 0.2) is 0 Å². The van der Waals surface area contributed by atoms with Gasteiger partial charge >= 0.3 is 5.97 Å². The van der Waals surface area contributed by atoms with Gasteiger partial charge in [-0.15, -0.1) is 11.6 Å². The van der Waals surface area contributed by atoms with E-state index in [0.717, 1.165) is 17.5 Å². The Bertz CT molecular complexity index is 578. The summed E-state index contributed by atoms with van der Waals surface area (Å²) in [6.07, 6.45) is 0.843. The largest absolute Gasteiger partial charge is 0.425 e. The van der Waals surface area contributed by atoms with Crippen LogP contribution in [0.4, 0.5) is 0 Å². The third-order valence-electron chi connectivity index (χ3n) is 3.55. The van der Waals surface area contributed by atoms with Crippen molar-refractivity contribution in [2.75, 3.05) is 0 Å². The molecule has 2 aromatic rings. The van der Waals surface area contributed by atoms with Crippen molar-refractivity contribution in [3.8, 4) is 16.9 Å². The third kappa shape index (κ3) is 4.08. The van der Waals surface area contributed by atoms with Crippen molar-refractivity contribution in [2.24, 2.45) is 5.92 Å². The molecule has 2 nitrogen and oxygen atoms in total. The number of halogens is 1. The first-order valence-electron chi connectivity index (χ1n) is 7.13. The topological polar surface area (TPSA) is 26.3 Å². The van der Waals surface area contributed by atoms with Gasteiger partial charge in [0.25, 0.3) is 0 Å². The fraction of sp³-hybridized carbons (Fsp3) is 0.278. The minimum absolute atomic E-state index is 0.0998. The van der Waals surface area contributed by atoms with E-state index in [1.807, 2.05) is 56.3 Å². The standard InChI is InChI=1S/C18H19ClO2/c1-3-13(2)17(19)18(20)21-16-11-9-15(10-12-16)14-7-5-4-6-8-14/h4-13,17H,3H2,1-2H3. The zero-order chi connectivity index (χ0) is 15.2. The van der Waals surface area contributed by atoms with Gasteiger partial charge in [-0.3, -0.25) is 4.79 Å². The molecule has 21 heavy (non-hydrogen) atoms. The van der Waals surface area contributed by atoms with Gasteiger partial charge in [-0.05, 0) is 29.2 Å². The van der Waals surface area contributed by atoms with Crippen molar-refractivity contribution in [1.29, 1.82) is 0 Å². The van der Waals surface area contributed by atoms with Gasteiger partial charge < -0.3 is 4.74 Å². The highest BCUT2D eigenvalue weighted by molar-refractivity contribution is 6.30. The number of alkyl halides is 1. The summed E-state index contributed by atoms with van der Waals surface area (Å²) in [4.78, 5) is 11.9. The van der Waals surface area contributed by atoms with Gasteiger partial charge in [0, 0.05) is 0 Å². The maximum atomic E-state index is 11.9. The average Bonchev–Trinajstić information content (AvgIpc) is 2.54. The molecule has 3 heteroatoms. The van der Waals surface area contributed by atoms with Crippen LogP contribution >= 0.6 is 11.6 Å². The fourth-order valence-electron chi connectivity index (χ4n) is 1.96. The van der Waals surface area contributed by atoms with Crippen molar-refractivity contribution < 1.29 is 9.53 Å². The van der Waals surface area contributed by atoms with Gasteiger partial charge in [-0.25, -0.2) is 0 Å². The highest BCUT2D eigenvalue weighted by Gasteiger charge is 2.23. The predicted molar refractivity (Wildman–Crippen MR) is 86.6 cm³/mol. The lowest BCUT2D eigenvalue weighted by Crippen LogP contribution is -2.26. The molecule has 110 valence electrons. The Morgan fingerprint density at radius 3 is 2.19 bits per heavy atom. The van der Waals surface area contributed by atoms with E-state index in [9.17, 15) is 4.79 Å². The number of rotatable bonds is 5. The van der Waals surface area contributed by atoms with Crippen molar-refractivity contribution in [1.82, 2.24) is 0 Å². The molecular formula is C18H19ClO2. The van der Waals surface area contributed by atoms with Gasteiger partial charge in [0.1, 0.15) is 11.1 Å². The maximum absolute atomic E-state index is 11.9. The van der Waals surface area contributed by atoms with Crippen molar-refractivity contribution in [2.45, 2.75) is 25.6 Å². The van der Waals surface area contributed by atoms with E-state index in [-0.39, 0.29) is 5.92 Å². The molecule has 0 amide bonds. The molecule has 0 N–H and O–H groups in total. The Morgan fingerprint density at radius 1 is 1.05 bits per heavy atom. The van der Waals surface area contributed by atoms with E-state index >= 15 is 0 Å². The molecule has 0 saturated carbocycles. The van der Waals surface area contributed by atoms with Gasteiger partial charge in [-0.2, -0.15) is 0 Å². The van der Waals surface area contributed by atoms with Crippen LogP contribution in [0, 0.1) is 5.92 Å². The minimum Gasteiger partial charge on any atom is -0.425 e. The summed E-state index contributed by atoms with van der Waals surface area (Å²) in [6.45, 7) is 3.94. The molecule has 0 aliphatic heterocycles. The number of hydrogen-bond donors (Lipinski definition) is 0. The Labute approximate surface area is 130 Å². The van der Waals surface area contributed by atoms with Crippen LogP contribution in [-0.4, -0.2) is 11.3 Å². The molecule has 0 saturated heterocycles. The second-order valence-electron chi connectivity index (χ2n) is 5.10. The summed E-state index contributed by atoms with van der Waals surface area (Å²) < 4.78 is 5.32. The van der Waals surface area contributed by atoms with E-state index in [1.165, 1.54) is 0 Å². The predicted octanol–water partition coefficient (Wildman–Crippen LogP) is 4.91. The van der Waals surface area contributed by atoms with E-state index in [0.29, 0.717) is 5.75 Å². The summed E-state index contributed by atoms with van der Waals surface area (Å²) in [5, 5.41) is -0.608. The summed E-state index contributed by atoms with van der Waals surface area (Å²) in [5.74, 6) is 0.231. The number of carbonyl (C=O) groups is 1. The third-order valence-corrected chi connectivity index (χ3v) is 4.16. The van der Waals surface area contributed by atoms with E-state index in [4.69, 9.17) is 16.3 Å². The maximum Gasteiger partial charge on any atom is 0.329 e. The van der Waals surface area contributed by atoms with Crippen LogP contribution in [-0.2, 0) is 4.79 Å². The second-order valence-corrected chi connectivity index (χ2v) is 5.57. The van der Waals surface area contributed by atoms with Crippen LogP contribution in [0.3, 0.4) is 0 Å². The van der Waals surface area contributed by atoms with Crippen LogP contribution in [0.2, 0.25) is 0 Å². The monoisotopic (exact) mass is 302 g/mol. The molecule has 2 aromatic carbocycles. The molecule has 0 fully saturated rings. The van der Waals surface area contributed by atoms with Gasteiger partial charge in [0.2, 0.25) is 0 Å². The van der Waals surface area contributed by atoms with Crippen molar-refractivity contribution >= 4 is 17.6 Å². The highest BCUT2D eigenvalue weighted by atomic mass is 35.5. The normalized spacial score (nSPS) is 13.5. The SMILES string of the molecule is CCC(C)C(Cl)C(=O)Oc1ccc(-c2ccccc2)cc1. The van der Waals surface area contributed by atoms with Crippen molar-refractivity contribution in [3.05, 3.63) is 54.6 Å². The van der Waals surface area contributed by atoms with Gasteiger partial charge in [-0.1, -0.05) is 62.7 Å². The first-order chi connectivity index (χ1) is 10.1. The number of carbonyl (C=O) groups excluding carboxylic acids is 1. The lowest BCUT2D eigenvalue weighted by Gasteiger charge is -2.15. The highest BCUT2D eigenvalue weighted by Crippen LogP contribution is 2.23. The van der Waals surface area contributed by atoms with Crippen LogP contribution in [0.5, 0.6) is 5.75 Å². The summed E-state index contributed by atoms with van der Waals surface area (Å²) in [7, 11) is 0. The van der Waals surface area contributed by atoms with Crippen LogP contribution in [0.1, 0.15) is 20.3 Å². The number of esters is 1. The van der Waals surface area contributed by atoms with E-state index in [1.54, 1.807) is 12.1 Å². The molecule has 0 radical (unpaired) electrons. The minimum atomic E-state index is -0.608. The van der Waals surface area contributed by atoms with E-state index in [2.05, 4.69) is 0 Å². The van der Waals surface area contributed by atoms with Crippen LogP contribution in [0.25, 0.3) is 11.1 Å². The zero-order valence-electron chi connectivity index (χ0n) is 12.3. The second kappa shape index (κ2) is 7.28.